The first-order chi connectivity index (χ1) is 16.1. The molecule has 4 aromatic rings. The second-order valence-electron chi connectivity index (χ2n) is 8.89. The van der Waals surface area contributed by atoms with Crippen LogP contribution in [0.2, 0.25) is 5.02 Å². The Morgan fingerprint density at radius 2 is 1.85 bits per heavy atom. The highest BCUT2D eigenvalue weighted by Crippen LogP contribution is 2.36. The minimum Gasteiger partial charge on any atom is -0.381 e. The minimum atomic E-state index is 0.409. The van der Waals surface area contributed by atoms with Gasteiger partial charge >= 0.3 is 0 Å². The number of aromatic nitrogens is 3. The lowest BCUT2D eigenvalue weighted by Gasteiger charge is -2.27. The highest BCUT2D eigenvalue weighted by Gasteiger charge is 2.22. The maximum atomic E-state index is 6.46. The third kappa shape index (κ3) is 4.48. The number of nitrogens with zero attached hydrogens (tertiary/aromatic N) is 3. The molecule has 1 aliphatic rings. The molecular weight excluding hydrogens is 432 g/mol. The molecule has 1 saturated carbocycles. The highest BCUT2D eigenvalue weighted by molar-refractivity contribution is 6.31. The van der Waals surface area contributed by atoms with Crippen LogP contribution < -0.4 is 5.32 Å². The third-order valence-corrected chi connectivity index (χ3v) is 7.19. The number of hydrogen-bond donors (Lipinski definition) is 1. The molecule has 170 valence electrons. The zero-order chi connectivity index (χ0) is 22.8. The molecule has 1 fully saturated rings. The summed E-state index contributed by atoms with van der Waals surface area (Å²) in [5, 5.41) is 5.43. The van der Waals surface area contributed by atoms with E-state index in [0.717, 1.165) is 63.6 Å². The molecule has 33 heavy (non-hydrogen) atoms. The number of rotatable bonds is 6. The Bertz CT molecular complexity index is 1250. The van der Waals surface area contributed by atoms with Crippen LogP contribution in [0.15, 0.2) is 61.1 Å². The van der Waals surface area contributed by atoms with Gasteiger partial charge in [-0.25, -0.2) is 9.97 Å². The third-order valence-electron chi connectivity index (χ3n) is 6.79. The van der Waals surface area contributed by atoms with Gasteiger partial charge in [0.05, 0.1) is 11.5 Å². The van der Waals surface area contributed by atoms with Gasteiger partial charge in [-0.05, 0) is 61.8 Å². The molecule has 1 N–H and O–H groups in total. The Morgan fingerprint density at radius 1 is 1.06 bits per heavy atom. The van der Waals surface area contributed by atoms with Crippen LogP contribution in [0.25, 0.3) is 27.8 Å². The zero-order valence-electron chi connectivity index (χ0n) is 19.1. The van der Waals surface area contributed by atoms with Crippen molar-refractivity contribution < 1.29 is 4.74 Å². The lowest BCUT2D eigenvalue weighted by atomic mass is 9.87. The average Bonchev–Trinajstić information content (AvgIpc) is 3.26. The Kier molecular flexibility index (Phi) is 6.34. The number of nitrogens with one attached hydrogen (secondary N) is 1. The number of aryl methyl sites for hydroxylation is 1. The fraction of sp³-hybridized carbons (Fsp3) is 0.333. The van der Waals surface area contributed by atoms with Crippen molar-refractivity contribution in [1.82, 2.24) is 14.5 Å². The van der Waals surface area contributed by atoms with Gasteiger partial charge in [0.1, 0.15) is 12.1 Å². The van der Waals surface area contributed by atoms with Gasteiger partial charge in [0.2, 0.25) is 0 Å². The van der Waals surface area contributed by atoms with E-state index in [1.54, 1.807) is 6.33 Å². The van der Waals surface area contributed by atoms with Crippen molar-refractivity contribution in [1.29, 1.82) is 0 Å². The number of methoxy groups -OCH3 is 1. The second-order valence-corrected chi connectivity index (χ2v) is 9.30. The molecule has 2 heterocycles. The van der Waals surface area contributed by atoms with Crippen LogP contribution >= 0.6 is 11.6 Å². The molecule has 0 atom stereocenters. The number of halogens is 1. The smallest absolute Gasteiger partial charge is 0.150 e. The van der Waals surface area contributed by atoms with Crippen molar-refractivity contribution in [2.24, 2.45) is 5.92 Å². The average molecular weight is 461 g/mol. The van der Waals surface area contributed by atoms with Gasteiger partial charge in [-0.1, -0.05) is 48.0 Å². The van der Waals surface area contributed by atoms with Gasteiger partial charge in [-0.3, -0.25) is 0 Å². The van der Waals surface area contributed by atoms with Crippen molar-refractivity contribution in [2.75, 3.05) is 19.0 Å². The van der Waals surface area contributed by atoms with Crippen LogP contribution in [0.5, 0.6) is 0 Å². The van der Waals surface area contributed by atoms with Gasteiger partial charge in [-0.2, -0.15) is 0 Å². The number of benzene rings is 2. The van der Waals surface area contributed by atoms with Crippen molar-refractivity contribution in [3.63, 3.8) is 0 Å². The summed E-state index contributed by atoms with van der Waals surface area (Å²) in [7, 11) is 1.82. The molecule has 0 amide bonds. The number of anilines is 1. The predicted molar refractivity (Wildman–Crippen MR) is 135 cm³/mol. The predicted octanol–water partition coefficient (Wildman–Crippen LogP) is 6.67. The minimum absolute atomic E-state index is 0.409. The Morgan fingerprint density at radius 3 is 2.58 bits per heavy atom. The molecule has 5 rings (SSSR count). The van der Waals surface area contributed by atoms with Crippen LogP contribution in [-0.4, -0.2) is 34.3 Å². The molecular formula is C27H29ClN4O. The molecule has 0 spiro atoms. The van der Waals surface area contributed by atoms with E-state index in [9.17, 15) is 0 Å². The van der Waals surface area contributed by atoms with E-state index in [0.29, 0.717) is 12.0 Å². The lowest BCUT2D eigenvalue weighted by Crippen LogP contribution is -2.25. The van der Waals surface area contributed by atoms with Gasteiger partial charge in [0.25, 0.3) is 0 Å². The maximum Gasteiger partial charge on any atom is 0.150 e. The monoisotopic (exact) mass is 460 g/mol. The van der Waals surface area contributed by atoms with Gasteiger partial charge < -0.3 is 14.6 Å². The number of fused-ring (bicyclic) bond motifs is 1. The van der Waals surface area contributed by atoms with Gasteiger partial charge in [-0.15, -0.1) is 0 Å². The Hall–Kier alpha value is -2.89. The van der Waals surface area contributed by atoms with E-state index in [-0.39, 0.29) is 0 Å². The first-order valence-corrected chi connectivity index (χ1v) is 12.0. The summed E-state index contributed by atoms with van der Waals surface area (Å²) in [5.41, 5.74) is 5.15. The van der Waals surface area contributed by atoms with E-state index in [2.05, 4.69) is 56.4 Å². The van der Waals surface area contributed by atoms with E-state index in [1.807, 2.05) is 32.2 Å². The standard InChI is InChI=1S/C27H29ClN4O/c1-18-8-11-21(14-24(18)28)32-16-23(20-6-4-3-5-7-20)25-26(30-17-31-27(25)32)29-15-19-9-12-22(33-2)13-10-19/h3-8,11,14,16-17,19,22H,9-10,12-13,15H2,1-2H3,(H,29,30,31). The molecule has 0 radical (unpaired) electrons. The van der Waals surface area contributed by atoms with Crippen LogP contribution in [0.3, 0.4) is 0 Å². The van der Waals surface area contributed by atoms with E-state index in [4.69, 9.17) is 16.3 Å². The van der Waals surface area contributed by atoms with Crippen LogP contribution in [0.1, 0.15) is 31.2 Å². The number of ether oxygens (including phenoxy) is 1. The van der Waals surface area contributed by atoms with Crippen LogP contribution in [-0.2, 0) is 4.74 Å². The van der Waals surface area contributed by atoms with E-state index < -0.39 is 0 Å². The zero-order valence-corrected chi connectivity index (χ0v) is 19.8. The van der Waals surface area contributed by atoms with Crippen LogP contribution in [0, 0.1) is 12.8 Å². The van der Waals surface area contributed by atoms with Crippen molar-refractivity contribution >= 4 is 28.5 Å². The normalized spacial score (nSPS) is 18.5. The summed E-state index contributed by atoms with van der Waals surface area (Å²) in [6.45, 7) is 2.91. The molecule has 2 aromatic carbocycles. The van der Waals surface area contributed by atoms with Gasteiger partial charge in [0.15, 0.2) is 5.65 Å². The Balaban J connectivity index is 1.55. The van der Waals surface area contributed by atoms with Crippen molar-refractivity contribution in [2.45, 2.75) is 38.7 Å². The quantitative estimate of drug-likeness (QED) is 0.349. The summed E-state index contributed by atoms with van der Waals surface area (Å²) in [5.74, 6) is 1.50. The highest BCUT2D eigenvalue weighted by atomic mass is 35.5. The fourth-order valence-corrected chi connectivity index (χ4v) is 4.95. The fourth-order valence-electron chi connectivity index (χ4n) is 4.77. The molecule has 5 nitrogen and oxygen atoms in total. The molecule has 6 heteroatoms. The van der Waals surface area contributed by atoms with Gasteiger partial charge in [0, 0.05) is 36.1 Å². The summed E-state index contributed by atoms with van der Waals surface area (Å²) < 4.78 is 7.64. The number of hydrogen-bond acceptors (Lipinski definition) is 4. The lowest BCUT2D eigenvalue weighted by molar-refractivity contribution is 0.0585. The summed E-state index contributed by atoms with van der Waals surface area (Å²) in [6.07, 6.45) is 8.80. The molecule has 1 aliphatic carbocycles. The first kappa shape index (κ1) is 21.9. The molecule has 0 aliphatic heterocycles. The van der Waals surface area contributed by atoms with Crippen molar-refractivity contribution in [3.8, 4) is 16.8 Å². The first-order valence-electron chi connectivity index (χ1n) is 11.6. The topological polar surface area (TPSA) is 52.0 Å². The molecule has 0 bridgehead atoms. The van der Waals surface area contributed by atoms with Crippen LogP contribution in [0.4, 0.5) is 5.82 Å². The van der Waals surface area contributed by atoms with E-state index in [1.165, 1.54) is 12.8 Å². The SMILES string of the molecule is COC1CCC(CNc2ncnc3c2c(-c2ccccc2)cn3-c2ccc(C)c(Cl)c2)CC1. The summed E-state index contributed by atoms with van der Waals surface area (Å²) in [4.78, 5) is 9.35. The van der Waals surface area contributed by atoms with E-state index >= 15 is 0 Å². The molecule has 0 unspecified atom stereocenters. The summed E-state index contributed by atoms with van der Waals surface area (Å²) in [6, 6.07) is 16.5. The summed E-state index contributed by atoms with van der Waals surface area (Å²) >= 11 is 6.46. The maximum absolute atomic E-state index is 6.46. The Labute approximate surface area is 199 Å². The second kappa shape index (κ2) is 9.54. The molecule has 0 saturated heterocycles. The van der Waals surface area contributed by atoms with Crippen molar-refractivity contribution in [3.05, 3.63) is 71.6 Å². The largest absolute Gasteiger partial charge is 0.381 e. The molecule has 2 aromatic heterocycles.